The molecule has 5 nitrogen and oxygen atoms in total. The van der Waals surface area contributed by atoms with Crippen LogP contribution in [0.1, 0.15) is 24.8 Å². The maximum absolute atomic E-state index is 13.9. The Morgan fingerprint density at radius 3 is 2.81 bits per heavy atom. The predicted molar refractivity (Wildman–Crippen MR) is 80.1 cm³/mol. The summed E-state index contributed by atoms with van der Waals surface area (Å²) < 4.78 is 13.9. The molecule has 2 unspecified atom stereocenters. The largest absolute Gasteiger partial charge is 0.310 e. The number of nitro groups is 1. The van der Waals surface area contributed by atoms with E-state index in [4.69, 9.17) is 0 Å². The van der Waals surface area contributed by atoms with E-state index >= 15 is 0 Å². The lowest BCUT2D eigenvalue weighted by Crippen LogP contribution is -2.35. The Kier molecular flexibility index (Phi) is 5.13. The third-order valence-electron chi connectivity index (χ3n) is 4.25. The van der Waals surface area contributed by atoms with Gasteiger partial charge in [0, 0.05) is 43.3 Å². The molecule has 2 bridgehead atoms. The van der Waals surface area contributed by atoms with E-state index in [-0.39, 0.29) is 18.1 Å². The van der Waals surface area contributed by atoms with Crippen molar-refractivity contribution in [1.29, 1.82) is 0 Å². The molecule has 0 radical (unpaired) electrons. The number of hydrogen-bond donors (Lipinski definition) is 1. The van der Waals surface area contributed by atoms with E-state index in [1.165, 1.54) is 25.0 Å². The molecule has 2 aliphatic rings. The number of nitrogens with zero attached hydrogens (tertiary/aromatic N) is 2. The fourth-order valence-electron chi connectivity index (χ4n) is 3.18. The average Bonchev–Trinajstić information content (AvgIpc) is 2.74. The van der Waals surface area contributed by atoms with Crippen molar-refractivity contribution in [2.75, 3.05) is 13.1 Å². The van der Waals surface area contributed by atoms with Crippen molar-refractivity contribution in [3.05, 3.63) is 39.7 Å². The maximum Gasteiger partial charge on any atom is 0.272 e. The van der Waals surface area contributed by atoms with Crippen molar-refractivity contribution in [2.24, 2.45) is 0 Å². The van der Waals surface area contributed by atoms with Gasteiger partial charge in [0.1, 0.15) is 5.82 Å². The molecule has 2 saturated heterocycles. The Morgan fingerprint density at radius 1 is 1.33 bits per heavy atom. The molecular weight excluding hydrogens is 297 g/mol. The number of fused-ring (bicyclic) bond motifs is 2. The van der Waals surface area contributed by atoms with Crippen molar-refractivity contribution in [1.82, 2.24) is 10.2 Å². The molecule has 0 saturated carbocycles. The lowest BCUT2D eigenvalue weighted by molar-refractivity contribution is -0.385. The van der Waals surface area contributed by atoms with Crippen LogP contribution in [-0.2, 0) is 6.54 Å². The van der Waals surface area contributed by atoms with Crippen molar-refractivity contribution >= 4 is 18.1 Å². The summed E-state index contributed by atoms with van der Waals surface area (Å²) in [4.78, 5) is 12.3. The second-order valence-corrected chi connectivity index (χ2v) is 5.69. The van der Waals surface area contributed by atoms with Gasteiger partial charge in [0.2, 0.25) is 0 Å². The topological polar surface area (TPSA) is 58.4 Å². The molecular formula is C14H19ClFN3O2. The number of halogens is 2. The normalized spacial score (nSPS) is 25.2. The lowest BCUT2D eigenvalue weighted by Gasteiger charge is -2.24. The van der Waals surface area contributed by atoms with E-state index < -0.39 is 10.7 Å². The molecule has 0 spiro atoms. The highest BCUT2D eigenvalue weighted by Gasteiger charge is 2.29. The number of nitrogens with one attached hydrogen (secondary N) is 1. The van der Waals surface area contributed by atoms with Crippen LogP contribution >= 0.6 is 12.4 Å². The Labute approximate surface area is 129 Å². The highest BCUT2D eigenvalue weighted by Crippen LogP contribution is 2.23. The number of benzene rings is 1. The van der Waals surface area contributed by atoms with Crippen molar-refractivity contribution < 1.29 is 9.31 Å². The van der Waals surface area contributed by atoms with Gasteiger partial charge in [0.15, 0.2) is 0 Å². The molecule has 1 N–H and O–H groups in total. The Balaban J connectivity index is 0.00000161. The Bertz CT molecular complexity index is 529. The molecule has 3 rings (SSSR count). The van der Waals surface area contributed by atoms with Gasteiger partial charge >= 0.3 is 0 Å². The van der Waals surface area contributed by atoms with Crippen molar-refractivity contribution in [3.63, 3.8) is 0 Å². The minimum Gasteiger partial charge on any atom is -0.310 e. The first kappa shape index (κ1) is 16.1. The van der Waals surface area contributed by atoms with E-state index in [1.54, 1.807) is 0 Å². The summed E-state index contributed by atoms with van der Waals surface area (Å²) in [6.45, 7) is 2.40. The average molecular weight is 316 g/mol. The van der Waals surface area contributed by atoms with Crippen LogP contribution in [0.2, 0.25) is 0 Å². The number of rotatable bonds is 3. The van der Waals surface area contributed by atoms with Gasteiger partial charge in [-0.2, -0.15) is 0 Å². The fourth-order valence-corrected chi connectivity index (χ4v) is 3.18. The molecule has 2 heterocycles. The minimum atomic E-state index is -0.568. The zero-order valence-corrected chi connectivity index (χ0v) is 12.4. The smallest absolute Gasteiger partial charge is 0.272 e. The van der Waals surface area contributed by atoms with E-state index in [1.807, 2.05) is 0 Å². The number of non-ortho nitro benzene ring substituents is 1. The lowest BCUT2D eigenvalue weighted by atomic mass is 10.1. The molecule has 2 atom stereocenters. The summed E-state index contributed by atoms with van der Waals surface area (Å²) in [5.74, 6) is -0.485. The number of nitro benzene ring substituents is 1. The number of hydrogen-bond acceptors (Lipinski definition) is 4. The van der Waals surface area contributed by atoms with Crippen LogP contribution in [0.5, 0.6) is 0 Å². The molecule has 1 aromatic carbocycles. The monoisotopic (exact) mass is 315 g/mol. The molecule has 0 aliphatic carbocycles. The van der Waals surface area contributed by atoms with Crippen LogP contribution in [0.3, 0.4) is 0 Å². The first-order valence-corrected chi connectivity index (χ1v) is 7.03. The zero-order chi connectivity index (χ0) is 14.1. The molecule has 2 fully saturated rings. The minimum absolute atomic E-state index is 0. The van der Waals surface area contributed by atoms with E-state index in [9.17, 15) is 14.5 Å². The van der Waals surface area contributed by atoms with E-state index in [0.717, 1.165) is 25.6 Å². The van der Waals surface area contributed by atoms with Crippen LogP contribution in [0.25, 0.3) is 0 Å². The van der Waals surface area contributed by atoms with Gasteiger partial charge in [-0.05, 0) is 25.3 Å². The quantitative estimate of drug-likeness (QED) is 0.687. The summed E-state index contributed by atoms with van der Waals surface area (Å²) in [5, 5.41) is 14.2. The summed E-state index contributed by atoms with van der Waals surface area (Å²) in [5.41, 5.74) is 0.344. The molecule has 21 heavy (non-hydrogen) atoms. The van der Waals surface area contributed by atoms with E-state index in [2.05, 4.69) is 10.2 Å². The Hall–Kier alpha value is -1.24. The van der Waals surface area contributed by atoms with Crippen LogP contribution < -0.4 is 5.32 Å². The van der Waals surface area contributed by atoms with Crippen LogP contribution in [0, 0.1) is 15.9 Å². The number of likely N-dealkylation sites (tertiary alicyclic amines) is 1. The van der Waals surface area contributed by atoms with Crippen molar-refractivity contribution in [2.45, 2.75) is 37.9 Å². The molecule has 0 aromatic heterocycles. The molecule has 0 amide bonds. The van der Waals surface area contributed by atoms with Gasteiger partial charge in [-0.15, -0.1) is 12.4 Å². The van der Waals surface area contributed by atoms with Crippen molar-refractivity contribution in [3.8, 4) is 0 Å². The van der Waals surface area contributed by atoms with Gasteiger partial charge in [-0.3, -0.25) is 15.0 Å². The summed E-state index contributed by atoms with van der Waals surface area (Å²) in [6, 6.07) is 5.03. The molecule has 7 heteroatoms. The SMILES string of the molecule is Cl.O=[N+]([O-])c1ccc(CN2CCC3CCC(C2)N3)c(F)c1. The second kappa shape index (κ2) is 6.68. The Morgan fingerprint density at radius 2 is 2.10 bits per heavy atom. The highest BCUT2D eigenvalue weighted by atomic mass is 35.5. The van der Waals surface area contributed by atoms with Gasteiger partial charge in [-0.25, -0.2) is 4.39 Å². The predicted octanol–water partition coefficient (Wildman–Crippen LogP) is 2.48. The van der Waals surface area contributed by atoms with E-state index in [0.29, 0.717) is 24.2 Å². The standard InChI is InChI=1S/C14H18FN3O2.ClH/c15-14-7-13(18(19)20)4-1-10(14)8-17-6-5-11-2-3-12(9-17)16-11;/h1,4,7,11-12,16H,2-3,5-6,8-9H2;1H. The van der Waals surface area contributed by atoms with Gasteiger partial charge < -0.3 is 5.32 Å². The van der Waals surface area contributed by atoms with Crippen LogP contribution in [0.15, 0.2) is 18.2 Å². The third kappa shape index (κ3) is 3.70. The fraction of sp³-hybridized carbons (Fsp3) is 0.571. The third-order valence-corrected chi connectivity index (χ3v) is 4.25. The highest BCUT2D eigenvalue weighted by molar-refractivity contribution is 5.85. The molecule has 2 aliphatic heterocycles. The molecule has 1 aromatic rings. The first-order chi connectivity index (χ1) is 9.61. The second-order valence-electron chi connectivity index (χ2n) is 5.69. The van der Waals surface area contributed by atoms with Gasteiger partial charge in [-0.1, -0.05) is 0 Å². The zero-order valence-electron chi connectivity index (χ0n) is 11.6. The van der Waals surface area contributed by atoms with Crippen LogP contribution in [-0.4, -0.2) is 35.0 Å². The van der Waals surface area contributed by atoms with Crippen LogP contribution in [0.4, 0.5) is 10.1 Å². The van der Waals surface area contributed by atoms with Gasteiger partial charge in [0.05, 0.1) is 11.0 Å². The van der Waals surface area contributed by atoms with Gasteiger partial charge in [0.25, 0.3) is 5.69 Å². The molecule has 116 valence electrons. The summed E-state index contributed by atoms with van der Waals surface area (Å²) in [7, 11) is 0. The summed E-state index contributed by atoms with van der Waals surface area (Å²) >= 11 is 0. The maximum atomic E-state index is 13.9. The summed E-state index contributed by atoms with van der Waals surface area (Å²) in [6.07, 6.45) is 3.51. The first-order valence-electron chi connectivity index (χ1n) is 7.03.